The van der Waals surface area contributed by atoms with Gasteiger partial charge in [-0.25, -0.2) is 0 Å². The number of piperidine rings is 1. The molecule has 1 heterocycles. The summed E-state index contributed by atoms with van der Waals surface area (Å²) in [4.78, 5) is 14.8. The standard InChI is InChI=1S/C17H32N2O2/c1-4-21-16(20)17(18)10-5-8-15(17)9-12-19-11-6-7-13(2)14(19)3/h13-15H,4-12,18H2,1-3H3. The van der Waals surface area contributed by atoms with Gasteiger partial charge in [0.05, 0.1) is 6.61 Å². The Bertz CT molecular complexity index is 361. The molecule has 2 aliphatic rings. The molecule has 0 aromatic carbocycles. The normalized spacial score (nSPS) is 37.6. The summed E-state index contributed by atoms with van der Waals surface area (Å²) in [6.45, 7) is 9.20. The second kappa shape index (κ2) is 7.10. The van der Waals surface area contributed by atoms with Crippen molar-refractivity contribution in [1.82, 2.24) is 4.90 Å². The lowest BCUT2D eigenvalue weighted by molar-refractivity contribution is -0.151. The van der Waals surface area contributed by atoms with E-state index < -0.39 is 5.54 Å². The first-order valence-electron chi connectivity index (χ1n) is 8.69. The number of nitrogens with two attached hydrogens (primary N) is 1. The average Bonchev–Trinajstić information content (AvgIpc) is 2.83. The number of nitrogens with zero attached hydrogens (tertiary/aromatic N) is 1. The lowest BCUT2D eigenvalue weighted by Crippen LogP contribution is -2.53. The van der Waals surface area contributed by atoms with Crippen molar-refractivity contribution in [3.63, 3.8) is 0 Å². The predicted molar refractivity (Wildman–Crippen MR) is 84.9 cm³/mol. The van der Waals surface area contributed by atoms with Crippen LogP contribution >= 0.6 is 0 Å². The van der Waals surface area contributed by atoms with Crippen molar-refractivity contribution in [3.8, 4) is 0 Å². The van der Waals surface area contributed by atoms with Gasteiger partial charge >= 0.3 is 5.97 Å². The zero-order chi connectivity index (χ0) is 15.5. The minimum absolute atomic E-state index is 0.187. The maximum Gasteiger partial charge on any atom is 0.326 e. The van der Waals surface area contributed by atoms with Crippen LogP contribution in [0.5, 0.6) is 0 Å². The molecule has 1 aliphatic carbocycles. The van der Waals surface area contributed by atoms with Crippen molar-refractivity contribution in [2.24, 2.45) is 17.6 Å². The molecule has 4 atom stereocenters. The van der Waals surface area contributed by atoms with Crippen LogP contribution in [0.4, 0.5) is 0 Å². The molecule has 4 unspecified atom stereocenters. The van der Waals surface area contributed by atoms with E-state index in [9.17, 15) is 4.79 Å². The van der Waals surface area contributed by atoms with E-state index >= 15 is 0 Å². The van der Waals surface area contributed by atoms with E-state index in [0.717, 1.165) is 38.1 Å². The van der Waals surface area contributed by atoms with Gasteiger partial charge in [0.1, 0.15) is 5.54 Å². The van der Waals surface area contributed by atoms with Gasteiger partial charge in [-0.05, 0) is 70.9 Å². The summed E-state index contributed by atoms with van der Waals surface area (Å²) in [7, 11) is 0. The number of carbonyl (C=O) groups excluding carboxylic acids is 1. The number of esters is 1. The van der Waals surface area contributed by atoms with Crippen LogP contribution in [0.15, 0.2) is 0 Å². The number of hydrogen-bond acceptors (Lipinski definition) is 4. The molecular formula is C17H32N2O2. The highest BCUT2D eigenvalue weighted by Crippen LogP contribution is 2.37. The summed E-state index contributed by atoms with van der Waals surface area (Å²) in [5.41, 5.74) is 5.68. The average molecular weight is 296 g/mol. The zero-order valence-corrected chi connectivity index (χ0v) is 13.9. The van der Waals surface area contributed by atoms with Gasteiger partial charge < -0.3 is 15.4 Å². The zero-order valence-electron chi connectivity index (χ0n) is 13.9. The number of hydrogen-bond donors (Lipinski definition) is 1. The molecule has 0 bridgehead atoms. The van der Waals surface area contributed by atoms with Crippen LogP contribution < -0.4 is 5.73 Å². The van der Waals surface area contributed by atoms with Gasteiger partial charge in [-0.3, -0.25) is 4.79 Å². The van der Waals surface area contributed by atoms with Crippen LogP contribution in [0.2, 0.25) is 0 Å². The summed E-state index contributed by atoms with van der Waals surface area (Å²) in [6, 6.07) is 0.648. The van der Waals surface area contributed by atoms with Crippen molar-refractivity contribution in [2.75, 3.05) is 19.7 Å². The first-order chi connectivity index (χ1) is 9.99. The summed E-state index contributed by atoms with van der Waals surface area (Å²) in [5.74, 6) is 0.864. The minimum atomic E-state index is -0.735. The van der Waals surface area contributed by atoms with Crippen LogP contribution in [-0.2, 0) is 9.53 Å². The van der Waals surface area contributed by atoms with Crippen molar-refractivity contribution >= 4 is 5.97 Å². The predicted octanol–water partition coefficient (Wildman–Crippen LogP) is 2.56. The maximum atomic E-state index is 12.2. The molecule has 1 saturated carbocycles. The molecule has 21 heavy (non-hydrogen) atoms. The quantitative estimate of drug-likeness (QED) is 0.792. The smallest absolute Gasteiger partial charge is 0.326 e. The van der Waals surface area contributed by atoms with Crippen molar-refractivity contribution < 1.29 is 9.53 Å². The first kappa shape index (κ1) is 16.8. The minimum Gasteiger partial charge on any atom is -0.465 e. The van der Waals surface area contributed by atoms with E-state index in [2.05, 4.69) is 18.7 Å². The third-order valence-corrected chi connectivity index (χ3v) is 5.80. The highest BCUT2D eigenvalue weighted by Gasteiger charge is 2.46. The molecule has 0 aromatic heterocycles. The van der Waals surface area contributed by atoms with Gasteiger partial charge in [0.25, 0.3) is 0 Å². The fourth-order valence-corrected chi connectivity index (χ4v) is 4.10. The van der Waals surface area contributed by atoms with Crippen LogP contribution in [-0.4, -0.2) is 42.1 Å². The van der Waals surface area contributed by atoms with Crippen LogP contribution in [0.25, 0.3) is 0 Å². The van der Waals surface area contributed by atoms with E-state index in [0.29, 0.717) is 12.6 Å². The molecular weight excluding hydrogens is 264 g/mol. The van der Waals surface area contributed by atoms with Gasteiger partial charge in [-0.2, -0.15) is 0 Å². The van der Waals surface area contributed by atoms with Crippen molar-refractivity contribution in [3.05, 3.63) is 0 Å². The Morgan fingerprint density at radius 1 is 1.33 bits per heavy atom. The molecule has 2 N–H and O–H groups in total. The number of likely N-dealkylation sites (tertiary alicyclic amines) is 1. The van der Waals surface area contributed by atoms with E-state index in [1.807, 2.05) is 6.92 Å². The van der Waals surface area contributed by atoms with E-state index in [1.54, 1.807) is 0 Å². The van der Waals surface area contributed by atoms with Gasteiger partial charge in [-0.1, -0.05) is 13.3 Å². The highest BCUT2D eigenvalue weighted by molar-refractivity contribution is 5.81. The molecule has 0 aromatic rings. The molecule has 2 rings (SSSR count). The number of rotatable bonds is 5. The Kier molecular flexibility index (Phi) is 5.67. The number of ether oxygens (including phenoxy) is 1. The third-order valence-electron chi connectivity index (χ3n) is 5.80. The molecule has 0 spiro atoms. The Morgan fingerprint density at radius 3 is 2.81 bits per heavy atom. The van der Waals surface area contributed by atoms with Crippen LogP contribution in [0.1, 0.15) is 59.3 Å². The molecule has 2 fully saturated rings. The Hall–Kier alpha value is -0.610. The Labute approximate surface area is 129 Å². The third kappa shape index (κ3) is 3.59. The second-order valence-electron chi connectivity index (χ2n) is 7.03. The largest absolute Gasteiger partial charge is 0.465 e. The summed E-state index contributed by atoms with van der Waals surface area (Å²) >= 11 is 0. The fourth-order valence-electron chi connectivity index (χ4n) is 4.10. The molecule has 0 radical (unpaired) electrons. The van der Waals surface area contributed by atoms with Gasteiger partial charge in [0.15, 0.2) is 0 Å². The Balaban J connectivity index is 1.91. The summed E-state index contributed by atoms with van der Waals surface area (Å²) in [5, 5.41) is 0. The molecule has 1 aliphatic heterocycles. The fraction of sp³-hybridized carbons (Fsp3) is 0.941. The van der Waals surface area contributed by atoms with Crippen LogP contribution in [0.3, 0.4) is 0 Å². The highest BCUT2D eigenvalue weighted by atomic mass is 16.5. The maximum absolute atomic E-state index is 12.2. The van der Waals surface area contributed by atoms with Crippen molar-refractivity contribution in [1.29, 1.82) is 0 Å². The number of carbonyl (C=O) groups is 1. The van der Waals surface area contributed by atoms with E-state index in [4.69, 9.17) is 10.5 Å². The van der Waals surface area contributed by atoms with Gasteiger partial charge in [-0.15, -0.1) is 0 Å². The van der Waals surface area contributed by atoms with Gasteiger partial charge in [0, 0.05) is 6.04 Å². The topological polar surface area (TPSA) is 55.6 Å². The monoisotopic (exact) mass is 296 g/mol. The van der Waals surface area contributed by atoms with Crippen molar-refractivity contribution in [2.45, 2.75) is 70.9 Å². The molecule has 4 heteroatoms. The molecule has 122 valence electrons. The van der Waals surface area contributed by atoms with Gasteiger partial charge in [0.2, 0.25) is 0 Å². The second-order valence-corrected chi connectivity index (χ2v) is 7.03. The summed E-state index contributed by atoms with van der Waals surface area (Å²) < 4.78 is 5.21. The lowest BCUT2D eigenvalue weighted by atomic mass is 9.84. The SMILES string of the molecule is CCOC(=O)C1(N)CCCC1CCN1CCCC(C)C1C. The van der Waals surface area contributed by atoms with E-state index in [1.165, 1.54) is 19.4 Å². The summed E-state index contributed by atoms with van der Waals surface area (Å²) in [6.07, 6.45) is 6.54. The van der Waals surface area contributed by atoms with Crippen LogP contribution in [0, 0.1) is 11.8 Å². The first-order valence-corrected chi connectivity index (χ1v) is 8.69. The molecule has 1 saturated heterocycles. The van der Waals surface area contributed by atoms with E-state index in [-0.39, 0.29) is 11.9 Å². The Morgan fingerprint density at radius 2 is 2.10 bits per heavy atom. The molecule has 4 nitrogen and oxygen atoms in total. The lowest BCUT2D eigenvalue weighted by Gasteiger charge is -2.39. The molecule has 0 amide bonds.